The van der Waals surface area contributed by atoms with Gasteiger partial charge >= 0.3 is 0 Å². The van der Waals surface area contributed by atoms with Crippen LogP contribution in [0.5, 0.6) is 5.75 Å². The van der Waals surface area contributed by atoms with Crippen LogP contribution in [0.4, 0.5) is 0 Å². The molecule has 0 spiro atoms. The van der Waals surface area contributed by atoms with Crippen LogP contribution >= 0.6 is 11.3 Å². The van der Waals surface area contributed by atoms with Crippen LogP contribution in [0, 0.1) is 0 Å². The first kappa shape index (κ1) is 21.3. The van der Waals surface area contributed by atoms with Crippen LogP contribution < -0.4 is 14.8 Å². The fourth-order valence-electron chi connectivity index (χ4n) is 4.11. The Morgan fingerprint density at radius 3 is 2.54 bits per heavy atom. The molecule has 6 rings (SSSR count). The highest BCUT2D eigenvalue weighted by molar-refractivity contribution is 7.15. The molecule has 0 aliphatic carbocycles. The van der Waals surface area contributed by atoms with Crippen molar-refractivity contribution in [1.29, 1.82) is 0 Å². The topological polar surface area (TPSA) is 61.4 Å². The lowest BCUT2D eigenvalue weighted by molar-refractivity contribution is 0.317. The summed E-state index contributed by atoms with van der Waals surface area (Å²) >= 11 is 1.39. The molecule has 0 unspecified atom stereocenters. The van der Waals surface area contributed by atoms with Crippen molar-refractivity contribution in [3.8, 4) is 22.7 Å². The van der Waals surface area contributed by atoms with Gasteiger partial charge in [0.2, 0.25) is 0 Å². The second kappa shape index (κ2) is 8.85. The van der Waals surface area contributed by atoms with Gasteiger partial charge in [-0.15, -0.1) is 0 Å². The third kappa shape index (κ3) is 3.90. The zero-order valence-electron chi connectivity index (χ0n) is 19.1. The van der Waals surface area contributed by atoms with Crippen LogP contribution in [-0.2, 0) is 0 Å². The third-order valence-electron chi connectivity index (χ3n) is 5.80. The number of benzene rings is 3. The minimum absolute atomic E-state index is 0.0691. The van der Waals surface area contributed by atoms with Gasteiger partial charge in [-0.1, -0.05) is 48.6 Å². The maximum absolute atomic E-state index is 13.3. The SMILES string of the molecule is CCCOc1ccc(-c2nn(-c3ccccc3)cc2/C=c2/sc3nc4ccccc4n3c2=O)cc1. The van der Waals surface area contributed by atoms with Gasteiger partial charge < -0.3 is 4.74 Å². The number of fused-ring (bicyclic) bond motifs is 3. The van der Waals surface area contributed by atoms with Crippen LogP contribution in [0.15, 0.2) is 89.9 Å². The van der Waals surface area contributed by atoms with Gasteiger partial charge in [0, 0.05) is 17.3 Å². The molecule has 3 aromatic heterocycles. The van der Waals surface area contributed by atoms with E-state index in [-0.39, 0.29) is 5.56 Å². The van der Waals surface area contributed by atoms with Crippen molar-refractivity contribution in [2.45, 2.75) is 13.3 Å². The smallest absolute Gasteiger partial charge is 0.274 e. The van der Waals surface area contributed by atoms with E-state index >= 15 is 0 Å². The van der Waals surface area contributed by atoms with Gasteiger partial charge in [-0.3, -0.25) is 4.79 Å². The van der Waals surface area contributed by atoms with Crippen LogP contribution in [0.3, 0.4) is 0 Å². The molecule has 0 radical (unpaired) electrons. The lowest BCUT2D eigenvalue weighted by atomic mass is 10.1. The van der Waals surface area contributed by atoms with Crippen molar-refractivity contribution in [2.75, 3.05) is 6.61 Å². The molecule has 6 nitrogen and oxygen atoms in total. The van der Waals surface area contributed by atoms with Gasteiger partial charge in [0.1, 0.15) is 11.4 Å². The molecule has 0 aliphatic heterocycles. The molecule has 0 amide bonds. The molecule has 35 heavy (non-hydrogen) atoms. The van der Waals surface area contributed by atoms with Gasteiger partial charge in [0.25, 0.3) is 5.56 Å². The quantitative estimate of drug-likeness (QED) is 0.334. The molecule has 172 valence electrons. The summed E-state index contributed by atoms with van der Waals surface area (Å²) in [7, 11) is 0. The molecule has 3 aromatic carbocycles. The number of thiazole rings is 1. The average Bonchev–Trinajstić information content (AvgIpc) is 3.57. The van der Waals surface area contributed by atoms with Crippen molar-refractivity contribution in [3.63, 3.8) is 0 Å². The summed E-state index contributed by atoms with van der Waals surface area (Å²) in [6.45, 7) is 2.77. The Hall–Kier alpha value is -4.23. The highest BCUT2D eigenvalue weighted by Gasteiger charge is 2.14. The predicted octanol–water partition coefficient (Wildman–Crippen LogP) is 5.10. The number of hydrogen-bond donors (Lipinski definition) is 0. The second-order valence-electron chi connectivity index (χ2n) is 8.22. The van der Waals surface area contributed by atoms with Crippen LogP contribution in [-0.4, -0.2) is 25.8 Å². The van der Waals surface area contributed by atoms with E-state index in [4.69, 9.17) is 9.84 Å². The molecule has 0 N–H and O–H groups in total. The summed E-state index contributed by atoms with van der Waals surface area (Å²) in [5, 5.41) is 4.88. The van der Waals surface area contributed by atoms with Crippen molar-refractivity contribution in [2.24, 2.45) is 0 Å². The molecule has 0 atom stereocenters. The first-order chi connectivity index (χ1) is 17.2. The highest BCUT2D eigenvalue weighted by atomic mass is 32.1. The molecule has 0 fully saturated rings. The van der Waals surface area contributed by atoms with E-state index in [1.54, 1.807) is 4.40 Å². The lowest BCUT2D eigenvalue weighted by Gasteiger charge is -2.05. The first-order valence-electron chi connectivity index (χ1n) is 11.5. The molecular weight excluding hydrogens is 456 g/mol. The highest BCUT2D eigenvalue weighted by Crippen LogP contribution is 2.27. The average molecular weight is 479 g/mol. The minimum atomic E-state index is -0.0691. The lowest BCUT2D eigenvalue weighted by Crippen LogP contribution is -2.22. The molecule has 0 saturated heterocycles. The second-order valence-corrected chi connectivity index (χ2v) is 9.23. The number of ether oxygens (including phenoxy) is 1. The van der Waals surface area contributed by atoms with Crippen molar-refractivity contribution in [3.05, 3.63) is 106 Å². The number of aromatic nitrogens is 4. The normalized spacial score (nSPS) is 12.1. The monoisotopic (exact) mass is 478 g/mol. The summed E-state index contributed by atoms with van der Waals surface area (Å²) in [6, 6.07) is 25.6. The Labute approximate surface area is 205 Å². The van der Waals surface area contributed by atoms with Gasteiger partial charge in [0.05, 0.1) is 27.9 Å². The Morgan fingerprint density at radius 1 is 0.971 bits per heavy atom. The van der Waals surface area contributed by atoms with Gasteiger partial charge in [-0.05, 0) is 61.0 Å². The Kier molecular flexibility index (Phi) is 5.39. The molecule has 0 aliphatic rings. The van der Waals surface area contributed by atoms with E-state index in [2.05, 4.69) is 11.9 Å². The fourth-order valence-corrected chi connectivity index (χ4v) is 5.09. The zero-order valence-corrected chi connectivity index (χ0v) is 19.9. The number of hydrogen-bond acceptors (Lipinski definition) is 5. The van der Waals surface area contributed by atoms with E-state index < -0.39 is 0 Å². The van der Waals surface area contributed by atoms with Crippen LogP contribution in [0.25, 0.3) is 39.0 Å². The molecule has 0 bridgehead atoms. The predicted molar refractivity (Wildman–Crippen MR) is 140 cm³/mol. The maximum atomic E-state index is 13.3. The van der Waals surface area contributed by atoms with Crippen LogP contribution in [0.2, 0.25) is 0 Å². The summed E-state index contributed by atoms with van der Waals surface area (Å²) in [5.74, 6) is 0.830. The molecule has 7 heteroatoms. The van der Waals surface area contributed by atoms with Crippen molar-refractivity contribution < 1.29 is 4.74 Å². The van der Waals surface area contributed by atoms with E-state index in [1.165, 1.54) is 11.3 Å². The molecule has 6 aromatic rings. The minimum Gasteiger partial charge on any atom is -0.494 e. The zero-order chi connectivity index (χ0) is 23.8. The third-order valence-corrected chi connectivity index (χ3v) is 6.76. The first-order valence-corrected chi connectivity index (χ1v) is 12.3. The molecule has 3 heterocycles. The number of nitrogens with zero attached hydrogens (tertiary/aromatic N) is 4. The molecule has 0 saturated carbocycles. The summed E-state index contributed by atoms with van der Waals surface area (Å²) in [5.41, 5.74) is 5.14. The van der Waals surface area contributed by atoms with Crippen LogP contribution in [0.1, 0.15) is 18.9 Å². The van der Waals surface area contributed by atoms with Crippen molar-refractivity contribution >= 4 is 33.4 Å². The van der Waals surface area contributed by atoms with Crippen molar-refractivity contribution in [1.82, 2.24) is 19.2 Å². The summed E-state index contributed by atoms with van der Waals surface area (Å²) < 4.78 is 9.90. The standard InChI is InChI=1S/C28H22N4O2S/c1-2-16-34-22-14-12-19(13-15-22)26-20(18-31(30-26)21-8-4-3-5-9-21)17-25-27(33)32-24-11-7-6-10-23(24)29-28(32)35-25/h3-15,17-18H,2,16H2,1H3/b25-17+. The maximum Gasteiger partial charge on any atom is 0.274 e. The fraction of sp³-hybridized carbons (Fsp3) is 0.107. The number of para-hydroxylation sites is 3. The Morgan fingerprint density at radius 2 is 1.74 bits per heavy atom. The van der Waals surface area contributed by atoms with Gasteiger partial charge in [-0.25, -0.2) is 14.1 Å². The Balaban J connectivity index is 1.50. The number of imidazole rings is 1. The van der Waals surface area contributed by atoms with Gasteiger partial charge in [-0.2, -0.15) is 5.10 Å². The largest absolute Gasteiger partial charge is 0.494 e. The van der Waals surface area contributed by atoms with E-state index in [1.807, 2.05) is 95.8 Å². The van der Waals surface area contributed by atoms with E-state index in [9.17, 15) is 4.79 Å². The molecular formula is C28H22N4O2S. The summed E-state index contributed by atoms with van der Waals surface area (Å²) in [6.07, 6.45) is 4.84. The summed E-state index contributed by atoms with van der Waals surface area (Å²) in [4.78, 5) is 18.7. The van der Waals surface area contributed by atoms with Gasteiger partial charge in [0.15, 0.2) is 4.96 Å². The Bertz CT molecular complexity index is 1750. The van der Waals surface area contributed by atoms with E-state index in [0.717, 1.165) is 45.7 Å². The van der Waals surface area contributed by atoms with E-state index in [0.29, 0.717) is 16.1 Å². The number of rotatable bonds is 6.